The Morgan fingerprint density at radius 2 is 1.07 bits per heavy atom. The van der Waals surface area contributed by atoms with Crippen LogP contribution in [0.25, 0.3) is 21.9 Å². The molecule has 60 heavy (non-hydrogen) atoms. The minimum atomic E-state index is -6.00. The number of unbranched alkanes of at least 4 members (excludes halogenated alkanes) is 2. The summed E-state index contributed by atoms with van der Waals surface area (Å²) < 4.78 is 87.7. The first-order chi connectivity index (χ1) is 28.9. The number of rotatable bonds is 16. The fourth-order valence-corrected chi connectivity index (χ4v) is 10.2. The lowest BCUT2D eigenvalue weighted by Crippen LogP contribution is -2.07. The zero-order chi connectivity index (χ0) is 45.0. The Bertz CT molecular complexity index is 2260. The Hall–Kier alpha value is -2.47. The molecule has 16 heteroatoms. The van der Waals surface area contributed by atoms with Crippen LogP contribution in [0.1, 0.15) is 112 Å². The van der Waals surface area contributed by atoms with E-state index in [2.05, 4.69) is 118 Å². The van der Waals surface area contributed by atoms with Gasteiger partial charge in [-0.25, -0.2) is 4.39 Å². The molecule has 0 amide bonds. The van der Waals surface area contributed by atoms with Crippen molar-refractivity contribution < 1.29 is 52.3 Å². The first kappa shape index (κ1) is 48.6. The Morgan fingerprint density at radius 3 is 1.48 bits per heavy atom. The van der Waals surface area contributed by atoms with E-state index in [4.69, 9.17) is 19.7 Å². The third-order valence-corrected chi connectivity index (χ3v) is 11.9. The third kappa shape index (κ3) is 13.8. The molecule has 2 heterocycles. The average molecular weight is 1290 g/mol. The maximum atomic E-state index is 13.6. The van der Waals surface area contributed by atoms with Gasteiger partial charge in [0.2, 0.25) is 0 Å². The molecule has 0 aliphatic carbocycles. The lowest BCUT2D eigenvalue weighted by molar-refractivity contribution is 0.103. The van der Waals surface area contributed by atoms with Gasteiger partial charge in [0.15, 0.2) is 11.6 Å². The Labute approximate surface area is 404 Å². The Kier molecular flexibility index (Phi) is 19.3. The van der Waals surface area contributed by atoms with E-state index in [9.17, 15) is 31.2 Å². The minimum absolute atomic E-state index is 0. The van der Waals surface area contributed by atoms with Crippen LogP contribution in [0.5, 0.6) is 11.5 Å². The van der Waals surface area contributed by atoms with Crippen LogP contribution in [0.2, 0.25) is 0 Å². The van der Waals surface area contributed by atoms with E-state index in [0.29, 0.717) is 82.4 Å². The molecule has 6 aromatic rings. The van der Waals surface area contributed by atoms with Gasteiger partial charge in [-0.2, -0.15) is 0 Å². The number of benzene rings is 4. The van der Waals surface area contributed by atoms with Crippen molar-refractivity contribution in [1.82, 2.24) is 0 Å². The van der Waals surface area contributed by atoms with Gasteiger partial charge in [0.25, 0.3) is 0 Å². The molecule has 4 aromatic carbocycles. The van der Waals surface area contributed by atoms with Gasteiger partial charge in [-0.05, 0) is 159 Å². The average Bonchev–Trinajstić information content (AvgIpc) is 3.74. The zero-order valence-electron chi connectivity index (χ0n) is 35.3. The van der Waals surface area contributed by atoms with Crippen LogP contribution in [0, 0.1) is 20.1 Å². The summed E-state index contributed by atoms with van der Waals surface area (Å²) in [5.41, 5.74) is 3.40. The highest BCUT2D eigenvalue weighted by Crippen LogP contribution is 2.35. The molecule has 2 aromatic heterocycles. The van der Waals surface area contributed by atoms with E-state index < -0.39 is 7.25 Å². The van der Waals surface area contributed by atoms with Crippen LogP contribution >= 0.6 is 90.4 Å². The quantitative estimate of drug-likeness (QED) is 0.0416. The first-order valence-corrected chi connectivity index (χ1v) is 23.7. The number of ketones is 2. The predicted octanol–water partition coefficient (Wildman–Crippen LogP) is 15.6. The van der Waals surface area contributed by atoms with Gasteiger partial charge in [0.1, 0.15) is 40.0 Å². The first-order valence-electron chi connectivity index (χ1n) is 19.8. The van der Waals surface area contributed by atoms with E-state index in [1.54, 1.807) is 18.2 Å². The number of halogens is 9. The largest absolute Gasteiger partial charge is 1.00 e. The standard InChI is InChI=1S/C22H21FI2O3.C22H22I2O3.BF4/c1-3-5-6-18-20(15-8-7-14(23)12-19(15)28-18)21(26)13-10-16(24)22(17(25)11-13)27-9-4-2;1-3-5-9-19-20(15-8-6-7-10-18(15)27-19)21(25)14-12-16(23)22(17(24)13-14)26-11-4-2;2-1(3,4)5/h7-8,10-12H,3-6,9H2,1-2H3;6-8,10,12-13H,3-5,9,11H2,1-2H3;/q;;-1/p+1/i;7T;/hT. The molecule has 0 N–H and O–H groups in total. The second kappa shape index (κ2) is 23.8. The van der Waals surface area contributed by atoms with Gasteiger partial charge < -0.3 is 35.6 Å². The number of carbonyl (C=O) groups excluding carboxylic acids is 2. The topological polar surface area (TPSA) is 78.9 Å². The maximum absolute atomic E-state index is 13.6. The Balaban J connectivity index is 0.000000294. The fraction of sp³-hybridized carbons (Fsp3) is 0.318. The van der Waals surface area contributed by atoms with Gasteiger partial charge in [-0.3, -0.25) is 9.59 Å². The van der Waals surface area contributed by atoms with E-state index in [1.165, 1.54) is 12.1 Å². The molecule has 0 aliphatic heterocycles. The lowest BCUT2D eigenvalue weighted by Gasteiger charge is -2.11. The summed E-state index contributed by atoms with van der Waals surface area (Å²) in [7, 11) is -6.00. The van der Waals surface area contributed by atoms with Crippen LogP contribution in [0.15, 0.2) is 75.5 Å². The van der Waals surface area contributed by atoms with Crippen LogP contribution in [-0.4, -0.2) is 32.0 Å². The lowest BCUT2D eigenvalue weighted by atomic mass is 9.98. The number of para-hydroxylation sites is 1. The van der Waals surface area contributed by atoms with Crippen molar-refractivity contribution in [3.63, 3.8) is 0 Å². The van der Waals surface area contributed by atoms with Crippen LogP contribution in [0.3, 0.4) is 0 Å². The monoisotopic (exact) mass is 1290 g/mol. The molecule has 0 bridgehead atoms. The highest BCUT2D eigenvalue weighted by Gasteiger charge is 2.25. The highest BCUT2D eigenvalue weighted by molar-refractivity contribution is 14.1. The van der Waals surface area contributed by atoms with Gasteiger partial charge in [0, 0.05) is 40.8 Å². The van der Waals surface area contributed by atoms with E-state index in [1.807, 2.05) is 30.3 Å². The Morgan fingerprint density at radius 1 is 0.650 bits per heavy atom. The smallest absolute Gasteiger partial charge is 0.491 e. The molecule has 0 aliphatic rings. The number of fused-ring (bicyclic) bond motifs is 2. The van der Waals surface area contributed by atoms with Crippen molar-refractivity contribution in [3.05, 3.63) is 121 Å². The van der Waals surface area contributed by atoms with E-state index >= 15 is 0 Å². The second-order valence-electron chi connectivity index (χ2n) is 13.5. The van der Waals surface area contributed by atoms with Crippen LogP contribution < -0.4 is 9.47 Å². The summed E-state index contributed by atoms with van der Waals surface area (Å²) in [6.45, 7) is 9.63. The number of carbonyl (C=O) groups is 2. The molecule has 6 rings (SSSR count). The molecule has 0 saturated carbocycles. The van der Waals surface area contributed by atoms with E-state index in [0.717, 1.165) is 69.7 Å². The predicted molar refractivity (Wildman–Crippen MR) is 263 cm³/mol. The molecular weight excluding hydrogens is 1240 g/mol. The summed E-state index contributed by atoms with van der Waals surface area (Å²) in [6.07, 6.45) is 7.09. The highest BCUT2D eigenvalue weighted by atomic mass is 127. The zero-order valence-corrected chi connectivity index (χ0v) is 41.9. The summed E-state index contributed by atoms with van der Waals surface area (Å²) in [5.74, 6) is 2.47. The van der Waals surface area contributed by atoms with Crippen molar-refractivity contribution in [2.75, 3.05) is 13.2 Å². The van der Waals surface area contributed by atoms with Crippen molar-refractivity contribution in [1.29, 1.82) is 0 Å². The molecule has 322 valence electrons. The van der Waals surface area contributed by atoms with E-state index in [-0.39, 0.29) is 18.8 Å². The molecule has 0 radical (unpaired) electrons. The van der Waals surface area contributed by atoms with Crippen molar-refractivity contribution in [3.8, 4) is 11.5 Å². The number of hydrogen-bond acceptors (Lipinski definition) is 6. The number of ether oxygens (including phenoxy) is 2. The van der Waals surface area contributed by atoms with Crippen molar-refractivity contribution in [2.24, 2.45) is 0 Å². The molecule has 0 unspecified atom stereocenters. The van der Waals surface area contributed by atoms with Crippen molar-refractivity contribution in [2.45, 2.75) is 79.1 Å². The molecule has 0 spiro atoms. The van der Waals surface area contributed by atoms with Crippen LogP contribution in [-0.2, 0) is 12.8 Å². The molecular formula is C44H44BF5I4O6. The number of hydrogen-bond donors (Lipinski definition) is 0. The van der Waals surface area contributed by atoms with Gasteiger partial charge >= 0.3 is 8.68 Å². The molecule has 6 nitrogen and oxygen atoms in total. The van der Waals surface area contributed by atoms with Gasteiger partial charge in [0.05, 0.1) is 40.0 Å². The van der Waals surface area contributed by atoms with Crippen LogP contribution in [0.4, 0.5) is 21.7 Å². The molecule has 0 saturated heterocycles. The van der Waals surface area contributed by atoms with Gasteiger partial charge in [-0.15, -0.1) is 0 Å². The summed E-state index contributed by atoms with van der Waals surface area (Å²) in [4.78, 5) is 26.9. The number of furan rings is 2. The fourth-order valence-electron chi connectivity index (χ4n) is 6.04. The third-order valence-electron chi connectivity index (χ3n) is 8.72. The molecule has 0 atom stereocenters. The SMILES string of the molecule is CCCCc1oc2cc(F)ccc2c1C(=O)c1cc(I)c(OCCC)c(I)c1.F[B-](F)(F)F.[3H+].[3H]c1ccc2c(C(=O)c3cc(I)c(OCCC)c(I)c3)c(CCCC)oc2c1. The number of aryl methyl sites for hydroxylation is 2. The second-order valence-corrected chi connectivity index (χ2v) is 18.1. The summed E-state index contributed by atoms with van der Waals surface area (Å²) >= 11 is 8.85. The summed E-state index contributed by atoms with van der Waals surface area (Å²) in [5, 5.41) is 1.44. The molecule has 0 fully saturated rings. The maximum Gasteiger partial charge on any atom is 1.00 e. The normalized spacial score (nSPS) is 11.4. The summed E-state index contributed by atoms with van der Waals surface area (Å²) in [6, 6.07) is 17.4. The minimum Gasteiger partial charge on any atom is -0.491 e. The van der Waals surface area contributed by atoms with Crippen molar-refractivity contribution >= 4 is 131 Å². The van der Waals surface area contributed by atoms with Gasteiger partial charge in [-0.1, -0.05) is 58.7 Å².